The van der Waals surface area contributed by atoms with Gasteiger partial charge in [-0.15, -0.1) is 0 Å². The van der Waals surface area contributed by atoms with Crippen LogP contribution in [-0.2, 0) is 13.0 Å². The third-order valence-corrected chi connectivity index (χ3v) is 6.48. The van der Waals surface area contributed by atoms with E-state index >= 15 is 0 Å². The highest BCUT2D eigenvalue weighted by Crippen LogP contribution is 2.32. The number of nitrogens with one attached hydrogen (secondary N) is 1. The van der Waals surface area contributed by atoms with E-state index in [1.54, 1.807) is 17.0 Å². The number of anilines is 2. The minimum atomic E-state index is -0.186. The molecular formula is C26H28ClN5O2. The zero-order valence-electron chi connectivity index (χ0n) is 19.3. The molecule has 8 heteroatoms. The van der Waals surface area contributed by atoms with Crippen molar-refractivity contribution in [3.8, 4) is 11.6 Å². The average molecular weight is 478 g/mol. The molecule has 2 amide bonds. The van der Waals surface area contributed by atoms with E-state index < -0.39 is 0 Å². The summed E-state index contributed by atoms with van der Waals surface area (Å²) in [5, 5.41) is 3.51. The Morgan fingerprint density at radius 3 is 2.59 bits per heavy atom. The Bertz CT molecular complexity index is 1180. The van der Waals surface area contributed by atoms with Crippen LogP contribution in [0.1, 0.15) is 36.1 Å². The number of benzene rings is 2. The van der Waals surface area contributed by atoms with Crippen LogP contribution >= 0.6 is 11.6 Å². The van der Waals surface area contributed by atoms with Gasteiger partial charge in [0.05, 0.1) is 17.8 Å². The van der Waals surface area contributed by atoms with Gasteiger partial charge in [0.1, 0.15) is 5.75 Å². The SMILES string of the molecule is Cc1ccc(Oc2nc(N3CCCCC3)nc3c2CN(C(=O)Nc2cccc(Cl)c2)CC3)cc1. The van der Waals surface area contributed by atoms with Gasteiger partial charge >= 0.3 is 6.03 Å². The van der Waals surface area contributed by atoms with Crippen molar-refractivity contribution in [1.29, 1.82) is 0 Å². The third kappa shape index (κ3) is 5.09. The number of carbonyl (C=O) groups excluding carboxylic acids is 1. The van der Waals surface area contributed by atoms with Gasteiger partial charge < -0.3 is 19.9 Å². The molecule has 34 heavy (non-hydrogen) atoms. The van der Waals surface area contributed by atoms with E-state index in [0.29, 0.717) is 36.1 Å². The van der Waals surface area contributed by atoms with Gasteiger partial charge in [0.2, 0.25) is 11.8 Å². The Morgan fingerprint density at radius 1 is 1.03 bits per heavy atom. The lowest BCUT2D eigenvalue weighted by Crippen LogP contribution is -2.40. The molecule has 7 nitrogen and oxygen atoms in total. The predicted molar refractivity (Wildman–Crippen MR) is 134 cm³/mol. The molecule has 2 aliphatic heterocycles. The second-order valence-corrected chi connectivity index (χ2v) is 9.27. The summed E-state index contributed by atoms with van der Waals surface area (Å²) in [6.07, 6.45) is 4.18. The highest BCUT2D eigenvalue weighted by atomic mass is 35.5. The lowest BCUT2D eigenvalue weighted by molar-refractivity contribution is 0.205. The largest absolute Gasteiger partial charge is 0.438 e. The maximum atomic E-state index is 13.0. The van der Waals surface area contributed by atoms with E-state index in [4.69, 9.17) is 26.3 Å². The maximum Gasteiger partial charge on any atom is 0.322 e. The number of carbonyl (C=O) groups is 1. The molecule has 0 unspecified atom stereocenters. The Morgan fingerprint density at radius 2 is 1.82 bits per heavy atom. The number of halogens is 1. The Hall–Kier alpha value is -3.32. The number of ether oxygens (including phenoxy) is 1. The second kappa shape index (κ2) is 9.89. The molecule has 1 fully saturated rings. The minimum Gasteiger partial charge on any atom is -0.438 e. The number of nitrogens with zero attached hydrogens (tertiary/aromatic N) is 4. The molecule has 0 atom stereocenters. The molecule has 0 aliphatic carbocycles. The van der Waals surface area contributed by atoms with E-state index in [2.05, 4.69) is 10.2 Å². The summed E-state index contributed by atoms with van der Waals surface area (Å²) in [5.41, 5.74) is 3.63. The first-order valence-electron chi connectivity index (χ1n) is 11.8. The average Bonchev–Trinajstić information content (AvgIpc) is 2.85. The molecule has 0 saturated carbocycles. The fourth-order valence-corrected chi connectivity index (χ4v) is 4.54. The maximum absolute atomic E-state index is 13.0. The molecule has 0 spiro atoms. The quantitative estimate of drug-likeness (QED) is 0.513. The Balaban J connectivity index is 1.42. The molecule has 1 saturated heterocycles. The van der Waals surface area contributed by atoms with Gasteiger partial charge in [-0.2, -0.15) is 4.98 Å². The minimum absolute atomic E-state index is 0.186. The smallest absolute Gasteiger partial charge is 0.322 e. The van der Waals surface area contributed by atoms with Crippen LogP contribution in [0.5, 0.6) is 11.6 Å². The van der Waals surface area contributed by atoms with E-state index in [0.717, 1.165) is 54.4 Å². The molecule has 3 aromatic rings. The van der Waals surface area contributed by atoms with Gasteiger partial charge in [-0.05, 0) is 56.5 Å². The molecule has 0 radical (unpaired) electrons. The van der Waals surface area contributed by atoms with Crippen molar-refractivity contribution in [3.63, 3.8) is 0 Å². The number of hydrogen-bond acceptors (Lipinski definition) is 5. The van der Waals surface area contributed by atoms with Crippen molar-refractivity contribution < 1.29 is 9.53 Å². The standard InChI is InChI=1S/C26H28ClN5O2/c1-18-8-10-21(11-9-18)34-24-22-17-32(26(33)28-20-7-5-6-19(27)16-20)15-12-23(22)29-25(30-24)31-13-3-2-4-14-31/h5-11,16H,2-4,12-15,17H2,1H3,(H,28,33). The molecule has 1 aromatic heterocycles. The molecule has 1 N–H and O–H groups in total. The number of hydrogen-bond donors (Lipinski definition) is 1. The number of piperidine rings is 1. The number of aromatic nitrogens is 2. The first-order valence-corrected chi connectivity index (χ1v) is 12.1. The van der Waals surface area contributed by atoms with Crippen LogP contribution in [0.2, 0.25) is 5.02 Å². The lowest BCUT2D eigenvalue weighted by atomic mass is 10.1. The van der Waals surface area contributed by atoms with Crippen molar-refractivity contribution in [2.24, 2.45) is 0 Å². The van der Waals surface area contributed by atoms with Crippen LogP contribution in [0.3, 0.4) is 0 Å². The van der Waals surface area contributed by atoms with Crippen molar-refractivity contribution in [1.82, 2.24) is 14.9 Å². The molecule has 0 bridgehead atoms. The monoisotopic (exact) mass is 477 g/mol. The van der Waals surface area contributed by atoms with Crippen LogP contribution in [-0.4, -0.2) is 40.5 Å². The Labute approximate surface area is 204 Å². The number of amides is 2. The van der Waals surface area contributed by atoms with Crippen LogP contribution in [0.4, 0.5) is 16.4 Å². The molecule has 2 aliphatic rings. The summed E-state index contributed by atoms with van der Waals surface area (Å²) in [7, 11) is 0. The highest BCUT2D eigenvalue weighted by Gasteiger charge is 2.28. The van der Waals surface area contributed by atoms with Gasteiger partial charge in [0, 0.05) is 36.8 Å². The van der Waals surface area contributed by atoms with Gasteiger partial charge in [-0.25, -0.2) is 9.78 Å². The van der Waals surface area contributed by atoms with Gasteiger partial charge in [0.25, 0.3) is 0 Å². The zero-order chi connectivity index (χ0) is 23.5. The molecule has 5 rings (SSSR count). The topological polar surface area (TPSA) is 70.6 Å². The molecular weight excluding hydrogens is 450 g/mol. The van der Waals surface area contributed by atoms with Crippen molar-refractivity contribution in [2.75, 3.05) is 29.9 Å². The number of rotatable bonds is 4. The van der Waals surface area contributed by atoms with E-state index in [9.17, 15) is 4.79 Å². The van der Waals surface area contributed by atoms with Gasteiger partial charge in [-0.3, -0.25) is 0 Å². The third-order valence-electron chi connectivity index (χ3n) is 6.25. The number of aryl methyl sites for hydroxylation is 1. The van der Waals surface area contributed by atoms with E-state index in [1.807, 2.05) is 43.3 Å². The fourth-order valence-electron chi connectivity index (χ4n) is 4.35. The van der Waals surface area contributed by atoms with Crippen LogP contribution in [0.25, 0.3) is 0 Å². The zero-order valence-corrected chi connectivity index (χ0v) is 20.0. The summed E-state index contributed by atoms with van der Waals surface area (Å²) in [6.45, 7) is 4.90. The first-order chi connectivity index (χ1) is 16.5. The van der Waals surface area contributed by atoms with Crippen molar-refractivity contribution in [2.45, 2.75) is 39.2 Å². The summed E-state index contributed by atoms with van der Waals surface area (Å²) in [4.78, 5) is 26.7. The fraction of sp³-hybridized carbons (Fsp3) is 0.346. The van der Waals surface area contributed by atoms with Crippen LogP contribution in [0, 0.1) is 6.92 Å². The van der Waals surface area contributed by atoms with Gasteiger partial charge in [0.15, 0.2) is 0 Å². The summed E-state index contributed by atoms with van der Waals surface area (Å²) in [5.74, 6) is 1.96. The van der Waals surface area contributed by atoms with Crippen LogP contribution in [0.15, 0.2) is 48.5 Å². The molecule has 3 heterocycles. The van der Waals surface area contributed by atoms with Crippen molar-refractivity contribution >= 4 is 29.3 Å². The Kier molecular flexibility index (Phi) is 6.54. The summed E-state index contributed by atoms with van der Waals surface area (Å²) >= 11 is 6.07. The summed E-state index contributed by atoms with van der Waals surface area (Å²) in [6, 6.07) is 14.9. The molecule has 2 aromatic carbocycles. The van der Waals surface area contributed by atoms with E-state index in [1.165, 1.54) is 6.42 Å². The second-order valence-electron chi connectivity index (χ2n) is 8.83. The van der Waals surface area contributed by atoms with Crippen molar-refractivity contribution in [3.05, 3.63) is 70.4 Å². The van der Waals surface area contributed by atoms with Crippen LogP contribution < -0.4 is 15.0 Å². The molecule has 176 valence electrons. The van der Waals surface area contributed by atoms with E-state index in [-0.39, 0.29) is 6.03 Å². The normalized spacial score (nSPS) is 15.6. The number of urea groups is 1. The lowest BCUT2D eigenvalue weighted by Gasteiger charge is -2.32. The summed E-state index contributed by atoms with van der Waals surface area (Å²) < 4.78 is 6.27. The predicted octanol–water partition coefficient (Wildman–Crippen LogP) is 5.81. The number of fused-ring (bicyclic) bond motifs is 1. The first kappa shape index (κ1) is 22.5. The van der Waals surface area contributed by atoms with Gasteiger partial charge in [-0.1, -0.05) is 35.4 Å². The highest BCUT2D eigenvalue weighted by molar-refractivity contribution is 6.30.